The van der Waals surface area contributed by atoms with Gasteiger partial charge in [0, 0.05) is 59.9 Å². The normalized spacial score (nSPS) is 22.7. The monoisotopic (exact) mass is 1060 g/mol. The second-order valence-electron chi connectivity index (χ2n) is 18.9. The molecule has 0 aliphatic carbocycles. The number of piperidine rings is 3. The Morgan fingerprint density at radius 2 is 1.75 bits per heavy atom. The van der Waals surface area contributed by atoms with Gasteiger partial charge < -0.3 is 52.6 Å². The van der Waals surface area contributed by atoms with E-state index in [0.717, 1.165) is 21.8 Å². The molecule has 8 rings (SSSR count). The minimum Gasteiger partial charge on any atom is -0.541 e. The Hall–Kier alpha value is -6.30. The molecule has 2 unspecified atom stereocenters. The van der Waals surface area contributed by atoms with Crippen molar-refractivity contribution in [2.24, 2.45) is 10.6 Å². The van der Waals surface area contributed by atoms with E-state index in [9.17, 15) is 37.8 Å². The lowest BCUT2D eigenvalue weighted by Gasteiger charge is -2.56. The number of fused-ring (bicyclic) bond motifs is 4. The van der Waals surface area contributed by atoms with E-state index in [1.807, 2.05) is 15.5 Å². The zero-order chi connectivity index (χ0) is 53.0. The number of carbonyl (C=O) groups excluding carboxylic acids is 6. The second kappa shape index (κ2) is 22.4. The highest BCUT2D eigenvalue weighted by molar-refractivity contribution is 7.86. The van der Waals surface area contributed by atoms with Crippen molar-refractivity contribution in [2.75, 3.05) is 58.0 Å². The molecule has 386 valence electrons. The van der Waals surface area contributed by atoms with Crippen LogP contribution in [0.15, 0.2) is 57.1 Å². The number of anilines is 1. The number of pyridine rings is 1. The minimum atomic E-state index is -1.86. The predicted octanol–water partition coefficient (Wildman–Crippen LogP) is 1.74. The fourth-order valence-corrected chi connectivity index (χ4v) is 11.8. The number of nitrogens with one attached hydrogen (secondary N) is 3. The average molecular weight is 1060 g/mol. The Kier molecular flexibility index (Phi) is 16.7. The van der Waals surface area contributed by atoms with E-state index in [2.05, 4.69) is 35.4 Å². The van der Waals surface area contributed by atoms with Gasteiger partial charge in [0.1, 0.15) is 52.1 Å². The van der Waals surface area contributed by atoms with E-state index in [4.69, 9.17) is 39.7 Å². The van der Waals surface area contributed by atoms with Gasteiger partial charge in [-0.15, -0.1) is 11.3 Å². The molecule has 4 amide bonds. The molecule has 0 spiro atoms. The third-order valence-electron chi connectivity index (χ3n) is 13.2. The molecule has 4 radical (unpaired) electrons. The maximum atomic E-state index is 14.1. The highest BCUT2D eigenvalue weighted by Crippen LogP contribution is 2.45. The number of benzene rings is 1. The van der Waals surface area contributed by atoms with Gasteiger partial charge in [0.2, 0.25) is 11.5 Å². The number of methoxy groups -OCH3 is 2. The van der Waals surface area contributed by atoms with Crippen LogP contribution >= 0.6 is 20.8 Å². The van der Waals surface area contributed by atoms with Crippen LogP contribution in [0.5, 0.6) is 17.2 Å². The maximum Gasteiger partial charge on any atom is 0.413 e. The largest absolute Gasteiger partial charge is 0.541 e. The molecule has 0 saturated carbocycles. The fourth-order valence-electron chi connectivity index (χ4n) is 9.27. The molecule has 1 aromatic carbocycles. The maximum absolute atomic E-state index is 14.1. The topological polar surface area (TPSA) is 271 Å². The number of thiazole rings is 1. The van der Waals surface area contributed by atoms with Crippen molar-refractivity contribution in [1.82, 2.24) is 25.1 Å². The number of carbonyl (C=O) groups is 6. The molecule has 2 aromatic heterocycles. The van der Waals surface area contributed by atoms with E-state index in [0.29, 0.717) is 67.0 Å². The van der Waals surface area contributed by atoms with E-state index in [-0.39, 0.29) is 58.6 Å². The molecular formula is C45H54B2N8O15PS2+. The number of β-lactam (4-membered cyclic amide) rings is 1. The van der Waals surface area contributed by atoms with E-state index >= 15 is 0 Å². The summed E-state index contributed by atoms with van der Waals surface area (Å²) < 4.78 is 46.6. The number of rotatable bonds is 19. The van der Waals surface area contributed by atoms with Gasteiger partial charge in [0.25, 0.3) is 17.7 Å². The van der Waals surface area contributed by atoms with Crippen LogP contribution in [0.3, 0.4) is 0 Å². The van der Waals surface area contributed by atoms with Crippen molar-refractivity contribution >= 4 is 94.3 Å². The van der Waals surface area contributed by atoms with Crippen molar-refractivity contribution in [3.8, 4) is 17.2 Å². The summed E-state index contributed by atoms with van der Waals surface area (Å²) in [5.74, 6) is -3.30. The van der Waals surface area contributed by atoms with Crippen LogP contribution in [-0.2, 0) is 55.4 Å². The lowest BCUT2D eigenvalue weighted by atomic mass is 9.70. The first-order chi connectivity index (χ1) is 34.7. The second-order valence-corrected chi connectivity index (χ2v) is 21.5. The van der Waals surface area contributed by atoms with Gasteiger partial charge >= 0.3 is 34.1 Å². The zero-order valence-corrected chi connectivity index (χ0v) is 43.7. The Labute approximate surface area is 431 Å². The molecule has 5 aliphatic heterocycles. The number of aromatic nitrogens is 2. The lowest BCUT2D eigenvalue weighted by molar-refractivity contribution is -0.941. The van der Waals surface area contributed by atoms with Crippen LogP contribution in [0.4, 0.5) is 9.93 Å². The van der Waals surface area contributed by atoms with E-state index < -0.39 is 80.8 Å². The van der Waals surface area contributed by atoms with Crippen LogP contribution in [0, 0.1) is 5.41 Å². The number of quaternary nitrogens is 1. The standard InChI is InChI=1S/C45H53B2N8O15PS2/c1-7-30(40(60)67-46)69-52-33(27-21-72-42(49-27)51-43(62)66-44(2,3)4)37(58)50-34-38(59)54-35(41(61)68-47)25(22-73(63)39(34)54)20-55-13-10-45(11-14-55,12-15-55)23-48-36(57)28-17-29(56)32(70-71)19-53(28)18-24-8-9-26(64-5)16-31(24)65-6/h8-9,16-17,19,21,30,34,39H,7,10-15,18,20,22-23,71H2,1-6H3,(H2-,48,49,50,51,57,58,62)/p+1/b52-33-/t30-,34+,39+,45?,55?,73?/m0/s1. The SMILES string of the molecule is [B]OC(=O)C1=C(C[N+]23CCC(CNC(=O)c4cc(=O)c(OP)cn4Cc4ccc(OC)cc4OC)(CC2)CC3)CS(=O)[C@@H]2[C@H](NC(=O)/C(=N\O[C@@H](CC)C(=O)O[B])c3csc(NC(=O)OC(C)(C)C)n3)C(=O)N12. The van der Waals surface area contributed by atoms with E-state index in [1.54, 1.807) is 51.5 Å². The number of oxime groups is 1. The summed E-state index contributed by atoms with van der Waals surface area (Å²) in [5, 5.41) is 12.1. The summed E-state index contributed by atoms with van der Waals surface area (Å²) in [6.07, 6.45) is 1.39. The van der Waals surface area contributed by atoms with Gasteiger partial charge in [0.05, 0.1) is 72.6 Å². The van der Waals surface area contributed by atoms with Gasteiger partial charge in [-0.3, -0.25) is 33.6 Å². The molecular weight excluding hydrogens is 1010 g/mol. The summed E-state index contributed by atoms with van der Waals surface area (Å²) in [6.45, 7) is 9.22. The highest BCUT2D eigenvalue weighted by Gasteiger charge is 2.59. The highest BCUT2D eigenvalue weighted by atomic mass is 32.2. The molecule has 73 heavy (non-hydrogen) atoms. The summed E-state index contributed by atoms with van der Waals surface area (Å²) in [5.41, 5.74) is -1.16. The first-order valence-corrected chi connectivity index (χ1v) is 25.6. The van der Waals surface area contributed by atoms with Crippen LogP contribution < -0.4 is 35.4 Å². The Morgan fingerprint density at radius 1 is 1.04 bits per heavy atom. The van der Waals surface area contributed by atoms with Gasteiger partial charge in [-0.2, -0.15) is 0 Å². The van der Waals surface area contributed by atoms with Crippen molar-refractivity contribution in [1.29, 1.82) is 0 Å². The molecule has 5 aliphatic rings. The zero-order valence-electron chi connectivity index (χ0n) is 40.9. The molecule has 5 atom stereocenters. The molecule has 3 N–H and O–H groups in total. The van der Waals surface area contributed by atoms with E-state index in [1.165, 1.54) is 24.8 Å². The van der Waals surface area contributed by atoms with Gasteiger partial charge in [0.15, 0.2) is 16.6 Å². The quantitative estimate of drug-likeness (QED) is 0.0385. The van der Waals surface area contributed by atoms with Gasteiger partial charge in [-0.25, -0.2) is 19.4 Å². The lowest BCUT2D eigenvalue weighted by Crippen LogP contribution is -2.74. The Bertz CT molecular complexity index is 2810. The first kappa shape index (κ1) is 54.5. The number of hydrogen-bond donors (Lipinski definition) is 3. The molecule has 28 heteroatoms. The minimum absolute atomic E-state index is 0.00651. The smallest absolute Gasteiger partial charge is 0.413 e. The molecule has 7 heterocycles. The van der Waals surface area contributed by atoms with Gasteiger partial charge in [-0.05, 0) is 39.3 Å². The van der Waals surface area contributed by atoms with Crippen molar-refractivity contribution in [3.63, 3.8) is 0 Å². The fraction of sp³-hybridized carbons (Fsp3) is 0.489. The molecule has 3 aromatic rings. The van der Waals surface area contributed by atoms with Gasteiger partial charge in [-0.1, -0.05) is 12.1 Å². The van der Waals surface area contributed by atoms with Crippen molar-refractivity contribution in [2.45, 2.75) is 83.0 Å². The third kappa shape index (κ3) is 11.9. The van der Waals surface area contributed by atoms with Crippen LogP contribution in [0.2, 0.25) is 0 Å². The summed E-state index contributed by atoms with van der Waals surface area (Å²) in [4.78, 5) is 104. The number of hydrogen-bond acceptors (Lipinski definition) is 18. The molecule has 2 bridgehead atoms. The Balaban J connectivity index is 1.04. The number of amides is 4. The van der Waals surface area contributed by atoms with Crippen molar-refractivity contribution in [3.05, 3.63) is 74.3 Å². The average Bonchev–Trinajstić information content (AvgIpc) is 3.83. The predicted molar refractivity (Wildman–Crippen MR) is 268 cm³/mol. The van der Waals surface area contributed by atoms with Crippen LogP contribution in [0.1, 0.15) is 75.1 Å². The molecule has 23 nitrogen and oxygen atoms in total. The van der Waals surface area contributed by atoms with Crippen molar-refractivity contribution < 1.29 is 70.3 Å². The van der Waals surface area contributed by atoms with Crippen LogP contribution in [0.25, 0.3) is 0 Å². The molecule has 4 fully saturated rings. The third-order valence-corrected chi connectivity index (χ3v) is 15.8. The molecule has 4 saturated heterocycles. The summed E-state index contributed by atoms with van der Waals surface area (Å²) in [7, 11) is 13.7. The summed E-state index contributed by atoms with van der Waals surface area (Å²) >= 11 is 0.906. The first-order valence-electron chi connectivity index (χ1n) is 22.9. The summed E-state index contributed by atoms with van der Waals surface area (Å²) in [6, 6.07) is 5.11. The Morgan fingerprint density at radius 3 is 2.37 bits per heavy atom. The number of ether oxygens (including phenoxy) is 3. The number of nitrogens with zero attached hydrogens (tertiary/aromatic N) is 5. The van der Waals surface area contributed by atoms with Crippen LogP contribution in [-0.4, -0.2) is 157 Å².